The molecule has 1 atom stereocenters. The Morgan fingerprint density at radius 1 is 1.18 bits per heavy atom. The maximum atomic E-state index is 13.7. The van der Waals surface area contributed by atoms with Gasteiger partial charge < -0.3 is 10.3 Å². The van der Waals surface area contributed by atoms with Gasteiger partial charge in [0.2, 0.25) is 5.91 Å². The number of fused-ring (bicyclic) bond motifs is 1. The van der Waals surface area contributed by atoms with E-state index in [-0.39, 0.29) is 12.1 Å². The number of halogens is 3. The minimum Gasteiger partial charge on any atom is -0.322 e. The molecule has 0 unspecified atom stereocenters. The summed E-state index contributed by atoms with van der Waals surface area (Å²) in [6.45, 7) is 1.54. The summed E-state index contributed by atoms with van der Waals surface area (Å²) in [5, 5.41) is 2.65. The molecule has 2 aromatic carbocycles. The van der Waals surface area contributed by atoms with E-state index < -0.39 is 35.1 Å². The van der Waals surface area contributed by atoms with Gasteiger partial charge in [-0.05, 0) is 38.2 Å². The highest BCUT2D eigenvalue weighted by Crippen LogP contribution is 2.20. The Hall–Kier alpha value is -3.20. The molecule has 0 saturated heterocycles. The van der Waals surface area contributed by atoms with Crippen LogP contribution in [0.2, 0.25) is 0 Å². The van der Waals surface area contributed by atoms with E-state index in [1.165, 1.54) is 0 Å². The fraction of sp³-hybridized carbons (Fsp3) is 0.211. The molecule has 3 aromatic rings. The number of nitrogens with zero attached hydrogens (tertiary/aromatic N) is 2. The lowest BCUT2D eigenvalue weighted by Crippen LogP contribution is -2.34. The molecule has 1 heterocycles. The molecule has 1 amide bonds. The maximum absolute atomic E-state index is 13.7. The van der Waals surface area contributed by atoms with Gasteiger partial charge in [0.25, 0.3) is 5.56 Å². The van der Waals surface area contributed by atoms with Gasteiger partial charge >= 0.3 is 0 Å². The van der Waals surface area contributed by atoms with Gasteiger partial charge in [0.15, 0.2) is 17.5 Å². The van der Waals surface area contributed by atoms with Gasteiger partial charge in [0, 0.05) is 0 Å². The van der Waals surface area contributed by atoms with Gasteiger partial charge in [-0.2, -0.15) is 0 Å². The minimum atomic E-state index is -1.66. The third kappa shape index (κ3) is 3.89. The topological polar surface area (TPSA) is 78.1 Å². The van der Waals surface area contributed by atoms with Crippen LogP contribution in [0, 0.1) is 17.5 Å². The van der Waals surface area contributed by atoms with Crippen LogP contribution in [0.25, 0.3) is 10.9 Å². The second-order valence-electron chi connectivity index (χ2n) is 6.33. The number of aromatic nitrogens is 2. The lowest BCUT2D eigenvalue weighted by atomic mass is 10.2. The molecule has 0 aliphatic rings. The average molecular weight is 390 g/mol. The number of likely N-dealkylation sites (N-methyl/N-ethyl adjacent to an activating group) is 1. The summed E-state index contributed by atoms with van der Waals surface area (Å²) in [5.41, 5.74) is -0.230. The number of anilines is 1. The van der Waals surface area contributed by atoms with Crippen LogP contribution in [0.1, 0.15) is 18.8 Å². The monoisotopic (exact) mass is 390 g/mol. The number of carbonyl (C=O) groups is 1. The van der Waals surface area contributed by atoms with Crippen LogP contribution in [0.3, 0.4) is 0 Å². The van der Waals surface area contributed by atoms with Crippen molar-refractivity contribution in [2.75, 3.05) is 18.9 Å². The van der Waals surface area contributed by atoms with Crippen molar-refractivity contribution in [2.24, 2.45) is 0 Å². The molecule has 0 fully saturated rings. The number of nitrogens with one attached hydrogen (secondary N) is 2. The first-order valence-corrected chi connectivity index (χ1v) is 8.40. The van der Waals surface area contributed by atoms with E-state index in [0.29, 0.717) is 16.7 Å². The van der Waals surface area contributed by atoms with Crippen LogP contribution in [0.4, 0.5) is 18.9 Å². The normalized spacial score (nSPS) is 12.4. The van der Waals surface area contributed by atoms with E-state index in [4.69, 9.17) is 0 Å². The van der Waals surface area contributed by atoms with Crippen molar-refractivity contribution in [3.05, 3.63) is 70.0 Å². The van der Waals surface area contributed by atoms with Gasteiger partial charge in [0.05, 0.1) is 29.2 Å². The molecular formula is C19H17F3N4O2. The second-order valence-corrected chi connectivity index (χ2v) is 6.33. The van der Waals surface area contributed by atoms with Crippen molar-refractivity contribution >= 4 is 22.5 Å². The zero-order chi connectivity index (χ0) is 20.4. The van der Waals surface area contributed by atoms with E-state index in [9.17, 15) is 22.8 Å². The molecule has 0 radical (unpaired) electrons. The third-order valence-electron chi connectivity index (χ3n) is 4.39. The third-order valence-corrected chi connectivity index (χ3v) is 4.39. The summed E-state index contributed by atoms with van der Waals surface area (Å²) in [5.74, 6) is -4.74. The van der Waals surface area contributed by atoms with Gasteiger partial charge in [-0.3, -0.25) is 14.5 Å². The van der Waals surface area contributed by atoms with E-state index in [0.717, 1.165) is 12.1 Å². The number of amides is 1. The number of para-hydroxylation sites is 1. The van der Waals surface area contributed by atoms with Gasteiger partial charge in [-0.15, -0.1) is 0 Å². The number of aromatic amines is 1. The second kappa shape index (κ2) is 7.81. The average Bonchev–Trinajstić information content (AvgIpc) is 2.67. The SMILES string of the molecule is C[C@@H](c1nc2ccccc2c(=O)[nH]1)N(C)CC(=O)Nc1ccc(F)c(F)c1F. The van der Waals surface area contributed by atoms with Crippen LogP contribution >= 0.6 is 0 Å². The Balaban J connectivity index is 1.74. The summed E-state index contributed by atoms with van der Waals surface area (Å²) in [6.07, 6.45) is 0. The van der Waals surface area contributed by atoms with Crippen LogP contribution < -0.4 is 10.9 Å². The first-order chi connectivity index (χ1) is 13.3. The predicted molar refractivity (Wildman–Crippen MR) is 98.4 cm³/mol. The zero-order valence-electron chi connectivity index (χ0n) is 15.1. The lowest BCUT2D eigenvalue weighted by molar-refractivity contribution is -0.117. The Labute approximate surface area is 158 Å². The number of hydrogen-bond acceptors (Lipinski definition) is 4. The zero-order valence-corrected chi connectivity index (χ0v) is 15.1. The number of hydrogen-bond donors (Lipinski definition) is 2. The molecule has 2 N–H and O–H groups in total. The number of benzene rings is 2. The Bertz CT molecular complexity index is 1100. The van der Waals surface area contributed by atoms with E-state index in [1.807, 2.05) is 0 Å². The molecule has 3 rings (SSSR count). The standard InChI is InChI=1S/C19H17F3N4O2/c1-10(18-24-13-6-4-3-5-11(13)19(28)25-18)26(2)9-15(27)23-14-8-7-12(20)16(21)17(14)22/h3-8,10H,9H2,1-2H3,(H,23,27)(H,24,25,28)/t10-/m0/s1. The molecule has 0 bridgehead atoms. The molecule has 28 heavy (non-hydrogen) atoms. The van der Waals surface area contributed by atoms with Crippen molar-refractivity contribution in [1.82, 2.24) is 14.9 Å². The fourth-order valence-electron chi connectivity index (χ4n) is 2.69. The van der Waals surface area contributed by atoms with E-state index in [2.05, 4.69) is 15.3 Å². The summed E-state index contributed by atoms with van der Waals surface area (Å²) >= 11 is 0. The fourth-order valence-corrected chi connectivity index (χ4v) is 2.69. The van der Waals surface area contributed by atoms with Crippen molar-refractivity contribution in [3.63, 3.8) is 0 Å². The molecule has 9 heteroatoms. The van der Waals surface area contributed by atoms with E-state index in [1.54, 1.807) is 43.1 Å². The van der Waals surface area contributed by atoms with Crippen molar-refractivity contribution in [3.8, 4) is 0 Å². The van der Waals surface area contributed by atoms with Crippen molar-refractivity contribution in [1.29, 1.82) is 0 Å². The van der Waals surface area contributed by atoms with Crippen LogP contribution in [-0.4, -0.2) is 34.4 Å². The maximum Gasteiger partial charge on any atom is 0.258 e. The first-order valence-electron chi connectivity index (χ1n) is 8.40. The minimum absolute atomic E-state index is 0.198. The van der Waals surface area contributed by atoms with Gasteiger partial charge in [0.1, 0.15) is 5.82 Å². The van der Waals surface area contributed by atoms with Gasteiger partial charge in [-0.25, -0.2) is 18.2 Å². The molecule has 0 spiro atoms. The Kier molecular flexibility index (Phi) is 5.46. The Morgan fingerprint density at radius 3 is 2.64 bits per heavy atom. The molecule has 0 aliphatic carbocycles. The van der Waals surface area contributed by atoms with Crippen molar-refractivity contribution in [2.45, 2.75) is 13.0 Å². The van der Waals surface area contributed by atoms with Crippen LogP contribution in [-0.2, 0) is 4.79 Å². The molecular weight excluding hydrogens is 373 g/mol. The first kappa shape index (κ1) is 19.6. The highest BCUT2D eigenvalue weighted by molar-refractivity contribution is 5.92. The predicted octanol–water partition coefficient (Wildman–Crippen LogP) is 2.97. The number of H-pyrrole nitrogens is 1. The molecule has 0 aliphatic heterocycles. The van der Waals surface area contributed by atoms with Crippen LogP contribution in [0.15, 0.2) is 41.2 Å². The highest BCUT2D eigenvalue weighted by Gasteiger charge is 2.20. The highest BCUT2D eigenvalue weighted by atomic mass is 19.2. The van der Waals surface area contributed by atoms with Crippen LogP contribution in [0.5, 0.6) is 0 Å². The smallest absolute Gasteiger partial charge is 0.258 e. The number of rotatable bonds is 5. The molecule has 0 saturated carbocycles. The lowest BCUT2D eigenvalue weighted by Gasteiger charge is -2.23. The number of carbonyl (C=O) groups excluding carboxylic acids is 1. The van der Waals surface area contributed by atoms with E-state index >= 15 is 0 Å². The summed E-state index contributed by atoms with van der Waals surface area (Å²) in [6, 6.07) is 8.08. The summed E-state index contributed by atoms with van der Waals surface area (Å²) in [4.78, 5) is 33.0. The van der Waals surface area contributed by atoms with Gasteiger partial charge in [-0.1, -0.05) is 12.1 Å². The largest absolute Gasteiger partial charge is 0.322 e. The van der Waals surface area contributed by atoms with Crippen molar-refractivity contribution < 1.29 is 18.0 Å². The summed E-state index contributed by atoms with van der Waals surface area (Å²) < 4.78 is 39.9. The summed E-state index contributed by atoms with van der Waals surface area (Å²) in [7, 11) is 1.61. The Morgan fingerprint density at radius 2 is 1.89 bits per heavy atom. The quantitative estimate of drug-likeness (QED) is 0.657. The molecule has 1 aromatic heterocycles. The molecule has 146 valence electrons. The molecule has 6 nitrogen and oxygen atoms in total.